The molecule has 2 nitrogen and oxygen atoms in total. The van der Waals surface area contributed by atoms with Gasteiger partial charge in [-0.2, -0.15) is 0 Å². The molecule has 2 atom stereocenters. The lowest BCUT2D eigenvalue weighted by atomic mass is 9.86. The fraction of sp³-hybridized carbons (Fsp3) is 0.588. The maximum atomic E-state index is 12.6. The van der Waals surface area contributed by atoms with Gasteiger partial charge in [-0.05, 0) is 37.2 Å². The Morgan fingerprint density at radius 3 is 2.58 bits per heavy atom. The lowest BCUT2D eigenvalue weighted by molar-refractivity contribution is -0.124. The molecule has 3 rings (SSSR count). The molecule has 2 aliphatic rings. The van der Waals surface area contributed by atoms with Gasteiger partial charge in [-0.15, -0.1) is 0 Å². The predicted octanol–water partition coefficient (Wildman–Crippen LogP) is 3.41. The minimum absolute atomic E-state index is 0.206. The monoisotopic (exact) mass is 257 g/mol. The molecule has 0 aliphatic heterocycles. The maximum absolute atomic E-state index is 12.6. The molecule has 19 heavy (non-hydrogen) atoms. The van der Waals surface area contributed by atoms with Crippen LogP contribution in [0.1, 0.15) is 51.0 Å². The molecule has 2 saturated carbocycles. The summed E-state index contributed by atoms with van der Waals surface area (Å²) in [7, 11) is 0. The Kier molecular flexibility index (Phi) is 3.34. The van der Waals surface area contributed by atoms with Gasteiger partial charge in [0.05, 0.1) is 5.41 Å². The van der Waals surface area contributed by atoms with E-state index in [-0.39, 0.29) is 11.3 Å². The summed E-state index contributed by atoms with van der Waals surface area (Å²) >= 11 is 0. The molecule has 0 heterocycles. The van der Waals surface area contributed by atoms with Crippen molar-refractivity contribution in [3.63, 3.8) is 0 Å². The number of carbonyl (C=O) groups excluding carboxylic acids is 1. The van der Waals surface area contributed by atoms with Crippen LogP contribution in [-0.4, -0.2) is 11.9 Å². The first-order chi connectivity index (χ1) is 9.21. The van der Waals surface area contributed by atoms with E-state index < -0.39 is 0 Å². The smallest absolute Gasteiger partial charge is 0.230 e. The van der Waals surface area contributed by atoms with Crippen molar-refractivity contribution >= 4 is 5.91 Å². The van der Waals surface area contributed by atoms with Crippen LogP contribution in [0.2, 0.25) is 0 Å². The molecule has 1 N–H and O–H groups in total. The minimum atomic E-state index is -0.206. The predicted molar refractivity (Wildman–Crippen MR) is 76.9 cm³/mol. The fourth-order valence-electron chi connectivity index (χ4n) is 3.42. The van der Waals surface area contributed by atoms with E-state index in [1.54, 1.807) is 0 Å². The van der Waals surface area contributed by atoms with Gasteiger partial charge in [-0.25, -0.2) is 0 Å². The van der Waals surface area contributed by atoms with E-state index in [2.05, 4.69) is 24.4 Å². The summed E-state index contributed by atoms with van der Waals surface area (Å²) in [6.45, 7) is 2.29. The van der Waals surface area contributed by atoms with E-state index in [1.807, 2.05) is 18.2 Å². The third-order valence-electron chi connectivity index (χ3n) is 4.78. The number of nitrogens with one attached hydrogen (secondary N) is 1. The van der Waals surface area contributed by atoms with Gasteiger partial charge >= 0.3 is 0 Å². The highest BCUT2D eigenvalue weighted by molar-refractivity contribution is 5.91. The van der Waals surface area contributed by atoms with E-state index in [0.29, 0.717) is 6.04 Å². The molecule has 2 unspecified atom stereocenters. The summed E-state index contributed by atoms with van der Waals surface area (Å²) in [4.78, 5) is 12.6. The first-order valence-corrected chi connectivity index (χ1v) is 7.57. The van der Waals surface area contributed by atoms with Gasteiger partial charge in [0, 0.05) is 6.04 Å². The van der Waals surface area contributed by atoms with E-state index in [9.17, 15) is 4.79 Å². The van der Waals surface area contributed by atoms with Crippen LogP contribution >= 0.6 is 0 Å². The molecule has 0 bridgehead atoms. The summed E-state index contributed by atoms with van der Waals surface area (Å²) in [5.74, 6) is 1.02. The van der Waals surface area contributed by atoms with Crippen LogP contribution in [0.25, 0.3) is 0 Å². The van der Waals surface area contributed by atoms with Gasteiger partial charge in [0.1, 0.15) is 0 Å². The van der Waals surface area contributed by atoms with Crippen molar-refractivity contribution in [2.75, 3.05) is 0 Å². The lowest BCUT2D eigenvalue weighted by Gasteiger charge is -2.29. The molecule has 2 heteroatoms. The second-order valence-corrected chi connectivity index (χ2v) is 6.39. The van der Waals surface area contributed by atoms with E-state index in [0.717, 1.165) is 31.6 Å². The Hall–Kier alpha value is -1.31. The highest BCUT2D eigenvalue weighted by Gasteiger charge is 2.51. The summed E-state index contributed by atoms with van der Waals surface area (Å²) in [5.41, 5.74) is 0.985. The number of carbonyl (C=O) groups is 1. The van der Waals surface area contributed by atoms with Crippen molar-refractivity contribution < 1.29 is 4.79 Å². The lowest BCUT2D eigenvalue weighted by Crippen LogP contribution is -2.43. The third-order valence-corrected chi connectivity index (χ3v) is 4.78. The molecule has 1 aromatic carbocycles. The van der Waals surface area contributed by atoms with Crippen LogP contribution in [0, 0.1) is 5.92 Å². The van der Waals surface area contributed by atoms with Crippen LogP contribution in [0.5, 0.6) is 0 Å². The maximum Gasteiger partial charge on any atom is 0.230 e. The van der Waals surface area contributed by atoms with Crippen LogP contribution in [0.4, 0.5) is 0 Å². The topological polar surface area (TPSA) is 29.1 Å². The largest absolute Gasteiger partial charge is 0.353 e. The highest BCUT2D eigenvalue weighted by atomic mass is 16.2. The fourth-order valence-corrected chi connectivity index (χ4v) is 3.42. The zero-order valence-electron chi connectivity index (χ0n) is 11.7. The molecule has 2 fully saturated rings. The van der Waals surface area contributed by atoms with Gasteiger partial charge in [0.2, 0.25) is 5.91 Å². The number of amides is 1. The number of rotatable bonds is 3. The Morgan fingerprint density at radius 1 is 1.21 bits per heavy atom. The van der Waals surface area contributed by atoms with Crippen molar-refractivity contribution in [3.8, 4) is 0 Å². The Bertz CT molecular complexity index is 450. The van der Waals surface area contributed by atoms with E-state index >= 15 is 0 Å². The van der Waals surface area contributed by atoms with Crippen LogP contribution in [-0.2, 0) is 10.2 Å². The summed E-state index contributed by atoms with van der Waals surface area (Å²) in [6.07, 6.45) is 6.88. The van der Waals surface area contributed by atoms with Crippen molar-refractivity contribution in [2.45, 2.75) is 56.9 Å². The molecule has 0 saturated heterocycles. The molecular formula is C17H23NO. The second kappa shape index (κ2) is 4.99. The Balaban J connectivity index is 1.67. The molecule has 0 spiro atoms. The van der Waals surface area contributed by atoms with Gasteiger partial charge < -0.3 is 5.32 Å². The Labute approximate surface area is 115 Å². The van der Waals surface area contributed by atoms with Crippen molar-refractivity contribution in [1.29, 1.82) is 0 Å². The molecule has 1 amide bonds. The zero-order valence-corrected chi connectivity index (χ0v) is 11.7. The highest BCUT2D eigenvalue weighted by Crippen LogP contribution is 2.48. The number of hydrogen-bond acceptors (Lipinski definition) is 1. The molecular weight excluding hydrogens is 234 g/mol. The van der Waals surface area contributed by atoms with Crippen LogP contribution in [0.3, 0.4) is 0 Å². The van der Waals surface area contributed by atoms with E-state index in [4.69, 9.17) is 0 Å². The summed E-state index contributed by atoms with van der Waals surface area (Å²) in [6, 6.07) is 10.7. The second-order valence-electron chi connectivity index (χ2n) is 6.39. The SMILES string of the molecule is CC1CCCC(NC(=O)C2(c3ccccc3)CC2)C1. The van der Waals surface area contributed by atoms with Crippen molar-refractivity contribution in [3.05, 3.63) is 35.9 Å². The molecule has 1 aromatic rings. The van der Waals surface area contributed by atoms with Crippen LogP contribution in [0.15, 0.2) is 30.3 Å². The third kappa shape index (κ3) is 2.54. The van der Waals surface area contributed by atoms with Gasteiger partial charge in [0.25, 0.3) is 0 Å². The standard InChI is InChI=1S/C17H23NO/c1-13-6-5-9-15(12-13)18-16(19)17(10-11-17)14-7-3-2-4-8-14/h2-4,7-8,13,15H,5-6,9-12H2,1H3,(H,18,19). The molecule has 2 aliphatic carbocycles. The molecule has 0 radical (unpaired) electrons. The van der Waals surface area contributed by atoms with Gasteiger partial charge in [-0.3, -0.25) is 4.79 Å². The van der Waals surface area contributed by atoms with Crippen LogP contribution < -0.4 is 5.32 Å². The first-order valence-electron chi connectivity index (χ1n) is 7.57. The van der Waals surface area contributed by atoms with Crippen molar-refractivity contribution in [2.24, 2.45) is 5.92 Å². The Morgan fingerprint density at radius 2 is 1.95 bits per heavy atom. The van der Waals surface area contributed by atoms with Gasteiger partial charge in [-0.1, -0.05) is 50.1 Å². The van der Waals surface area contributed by atoms with E-state index in [1.165, 1.54) is 18.4 Å². The summed E-state index contributed by atoms with van der Waals surface area (Å²) in [5, 5.41) is 3.31. The average Bonchev–Trinajstić information content (AvgIpc) is 3.21. The minimum Gasteiger partial charge on any atom is -0.353 e. The number of hydrogen-bond donors (Lipinski definition) is 1. The number of benzene rings is 1. The molecule has 102 valence electrons. The molecule has 0 aromatic heterocycles. The average molecular weight is 257 g/mol. The first kappa shape index (κ1) is 12.7. The normalized spacial score (nSPS) is 28.7. The summed E-state index contributed by atoms with van der Waals surface area (Å²) < 4.78 is 0. The quantitative estimate of drug-likeness (QED) is 0.883. The van der Waals surface area contributed by atoms with Crippen molar-refractivity contribution in [1.82, 2.24) is 5.32 Å². The van der Waals surface area contributed by atoms with Gasteiger partial charge in [0.15, 0.2) is 0 Å². The zero-order chi connectivity index (χ0) is 13.3.